The molecule has 7 nitrogen and oxygen atoms in total. The van der Waals surface area contributed by atoms with E-state index >= 15 is 0 Å². The zero-order valence-electron chi connectivity index (χ0n) is 24.5. The van der Waals surface area contributed by atoms with E-state index in [0.29, 0.717) is 6.54 Å². The first-order valence-electron chi connectivity index (χ1n) is 14.9. The van der Waals surface area contributed by atoms with E-state index in [0.717, 1.165) is 63.1 Å². The smallest absolute Gasteiger partial charge is 0.126 e. The number of fused-ring (bicyclic) bond motifs is 1. The molecular formula is C34H40N6O. The van der Waals surface area contributed by atoms with Crippen molar-refractivity contribution in [3.05, 3.63) is 89.4 Å². The predicted octanol–water partition coefficient (Wildman–Crippen LogP) is 7.36. The largest absolute Gasteiger partial charge is 0.386 e. The molecule has 0 bridgehead atoms. The quantitative estimate of drug-likeness (QED) is 0.201. The molecule has 41 heavy (non-hydrogen) atoms. The molecule has 7 heteroatoms. The Morgan fingerprint density at radius 2 is 1.73 bits per heavy atom. The Kier molecular flexibility index (Phi) is 7.63. The van der Waals surface area contributed by atoms with Crippen LogP contribution >= 0.6 is 0 Å². The fourth-order valence-electron chi connectivity index (χ4n) is 6.33. The number of nitrogens with one attached hydrogen (secondary N) is 1. The standard InChI is InChI=1S/C34H40N6O/c1-22(2)33-24(4)40(30-17-18-32(36-23(30)3)35-19-25-11-8-9-12-25)38-34(33)27-15-10-16-29-28(27)20-39(37-29)21-31(41)26-13-6-5-7-14-26/h5-7,10,13-18,20,22,25,31,41H,8-9,11-12,19,21H2,1-4H3,(H,35,36). The number of rotatable bonds is 9. The number of nitrogens with zero attached hydrogens (tertiary/aromatic N) is 5. The van der Waals surface area contributed by atoms with Crippen LogP contribution in [0.15, 0.2) is 66.9 Å². The normalized spacial score (nSPS) is 14.8. The van der Waals surface area contributed by atoms with Crippen LogP contribution in [-0.2, 0) is 6.54 Å². The van der Waals surface area contributed by atoms with E-state index in [-0.39, 0.29) is 5.92 Å². The molecule has 5 aromatic rings. The lowest BCUT2D eigenvalue weighted by Crippen LogP contribution is -2.13. The average molecular weight is 549 g/mol. The number of aromatic nitrogens is 5. The van der Waals surface area contributed by atoms with E-state index in [2.05, 4.69) is 55.9 Å². The highest BCUT2D eigenvalue weighted by Gasteiger charge is 2.23. The maximum atomic E-state index is 10.8. The second kappa shape index (κ2) is 11.5. The van der Waals surface area contributed by atoms with Crippen LogP contribution in [0, 0.1) is 19.8 Å². The van der Waals surface area contributed by atoms with E-state index in [1.54, 1.807) is 0 Å². The average Bonchev–Trinajstić information content (AvgIpc) is 3.71. The summed E-state index contributed by atoms with van der Waals surface area (Å²) in [5.41, 5.74) is 8.08. The fraction of sp³-hybridized carbons (Fsp3) is 0.382. The number of aryl methyl sites for hydroxylation is 1. The van der Waals surface area contributed by atoms with Gasteiger partial charge in [0.2, 0.25) is 0 Å². The molecule has 3 heterocycles. The lowest BCUT2D eigenvalue weighted by molar-refractivity contribution is 0.152. The van der Waals surface area contributed by atoms with Crippen molar-refractivity contribution >= 4 is 16.7 Å². The van der Waals surface area contributed by atoms with Crippen molar-refractivity contribution in [3.8, 4) is 16.9 Å². The summed E-state index contributed by atoms with van der Waals surface area (Å²) in [7, 11) is 0. The number of aliphatic hydroxyl groups excluding tert-OH is 1. The summed E-state index contributed by atoms with van der Waals surface area (Å²) in [6, 6.07) is 20.1. The summed E-state index contributed by atoms with van der Waals surface area (Å²) in [5.74, 6) is 1.97. The molecule has 0 spiro atoms. The molecule has 212 valence electrons. The summed E-state index contributed by atoms with van der Waals surface area (Å²) in [6.45, 7) is 10.0. The van der Waals surface area contributed by atoms with Crippen molar-refractivity contribution in [2.45, 2.75) is 71.9 Å². The van der Waals surface area contributed by atoms with Crippen molar-refractivity contribution in [1.29, 1.82) is 0 Å². The summed E-state index contributed by atoms with van der Waals surface area (Å²) < 4.78 is 3.90. The van der Waals surface area contributed by atoms with Crippen LogP contribution in [0.25, 0.3) is 27.8 Å². The Morgan fingerprint density at radius 1 is 0.951 bits per heavy atom. The van der Waals surface area contributed by atoms with Crippen molar-refractivity contribution in [1.82, 2.24) is 24.5 Å². The molecule has 1 fully saturated rings. The second-order valence-corrected chi connectivity index (χ2v) is 11.8. The van der Waals surface area contributed by atoms with Gasteiger partial charge in [0.15, 0.2) is 0 Å². The maximum Gasteiger partial charge on any atom is 0.126 e. The molecule has 2 N–H and O–H groups in total. The molecule has 0 saturated heterocycles. The first kappa shape index (κ1) is 27.2. The zero-order chi connectivity index (χ0) is 28.5. The van der Waals surface area contributed by atoms with E-state index in [9.17, 15) is 5.11 Å². The van der Waals surface area contributed by atoms with E-state index < -0.39 is 6.10 Å². The SMILES string of the molecule is Cc1nc(NCC2CCCC2)ccc1-n1nc(-c2cccc3nn(CC(O)c4ccccc4)cc23)c(C(C)C)c1C. The number of benzene rings is 2. The topological polar surface area (TPSA) is 80.8 Å². The second-order valence-electron chi connectivity index (χ2n) is 11.8. The molecule has 0 radical (unpaired) electrons. The minimum absolute atomic E-state index is 0.282. The fourth-order valence-corrected chi connectivity index (χ4v) is 6.33. The number of pyridine rings is 1. The Labute approximate surface area is 242 Å². The van der Waals surface area contributed by atoms with Gasteiger partial charge >= 0.3 is 0 Å². The molecule has 1 aliphatic carbocycles. The monoisotopic (exact) mass is 548 g/mol. The van der Waals surface area contributed by atoms with Crippen LogP contribution in [0.5, 0.6) is 0 Å². The number of aliphatic hydroxyl groups is 1. The summed E-state index contributed by atoms with van der Waals surface area (Å²) >= 11 is 0. The van der Waals surface area contributed by atoms with Crippen molar-refractivity contribution in [2.75, 3.05) is 11.9 Å². The Balaban J connectivity index is 1.33. The molecule has 1 saturated carbocycles. The maximum absolute atomic E-state index is 10.8. The summed E-state index contributed by atoms with van der Waals surface area (Å²) in [6.07, 6.45) is 6.73. The lowest BCUT2D eigenvalue weighted by atomic mass is 9.95. The van der Waals surface area contributed by atoms with Gasteiger partial charge in [-0.05, 0) is 62.3 Å². The molecule has 0 amide bonds. The third kappa shape index (κ3) is 5.51. The van der Waals surface area contributed by atoms with E-state index in [1.165, 1.54) is 31.2 Å². The first-order valence-corrected chi connectivity index (χ1v) is 14.9. The molecule has 2 aromatic carbocycles. The molecule has 0 aliphatic heterocycles. The lowest BCUT2D eigenvalue weighted by Gasteiger charge is -2.14. The van der Waals surface area contributed by atoms with Gasteiger partial charge in [0.25, 0.3) is 0 Å². The predicted molar refractivity (Wildman–Crippen MR) is 165 cm³/mol. The highest BCUT2D eigenvalue weighted by atomic mass is 16.3. The van der Waals surface area contributed by atoms with Crippen LogP contribution in [0.1, 0.15) is 74.1 Å². The van der Waals surface area contributed by atoms with Gasteiger partial charge in [-0.2, -0.15) is 10.2 Å². The minimum Gasteiger partial charge on any atom is -0.386 e. The molecule has 6 rings (SSSR count). The van der Waals surface area contributed by atoms with Crippen LogP contribution in [0.4, 0.5) is 5.82 Å². The van der Waals surface area contributed by atoms with Gasteiger partial charge in [-0.1, -0.05) is 69.2 Å². The highest BCUT2D eigenvalue weighted by Crippen LogP contribution is 2.37. The Bertz CT molecular complexity index is 1650. The van der Waals surface area contributed by atoms with Gasteiger partial charge in [0.1, 0.15) is 5.82 Å². The number of anilines is 1. The van der Waals surface area contributed by atoms with Crippen LogP contribution < -0.4 is 5.32 Å². The molecule has 1 unspecified atom stereocenters. The van der Waals surface area contributed by atoms with Crippen molar-refractivity contribution in [2.24, 2.45) is 5.92 Å². The highest BCUT2D eigenvalue weighted by molar-refractivity contribution is 5.94. The Hall–Kier alpha value is -3.97. The summed E-state index contributed by atoms with van der Waals surface area (Å²) in [5, 5.41) is 25.4. The molecule has 1 aliphatic rings. The third-order valence-electron chi connectivity index (χ3n) is 8.47. The van der Waals surface area contributed by atoms with Gasteiger partial charge in [-0.25, -0.2) is 9.67 Å². The van der Waals surface area contributed by atoms with Gasteiger partial charge in [-0.3, -0.25) is 4.68 Å². The molecular weight excluding hydrogens is 508 g/mol. The number of hydrogen-bond acceptors (Lipinski definition) is 5. The van der Waals surface area contributed by atoms with Crippen molar-refractivity contribution in [3.63, 3.8) is 0 Å². The van der Waals surface area contributed by atoms with Crippen LogP contribution in [-0.4, -0.2) is 36.2 Å². The van der Waals surface area contributed by atoms with Crippen LogP contribution in [0.2, 0.25) is 0 Å². The molecule has 1 atom stereocenters. The van der Waals surface area contributed by atoms with Crippen molar-refractivity contribution < 1.29 is 5.11 Å². The summed E-state index contributed by atoms with van der Waals surface area (Å²) in [4.78, 5) is 4.90. The van der Waals surface area contributed by atoms with Gasteiger partial charge in [0, 0.05) is 34.9 Å². The van der Waals surface area contributed by atoms with Gasteiger partial charge in [-0.15, -0.1) is 0 Å². The first-order chi connectivity index (χ1) is 19.9. The van der Waals surface area contributed by atoms with E-state index in [4.69, 9.17) is 15.2 Å². The van der Waals surface area contributed by atoms with E-state index in [1.807, 2.05) is 53.3 Å². The van der Waals surface area contributed by atoms with Gasteiger partial charge in [0.05, 0.1) is 35.2 Å². The minimum atomic E-state index is -0.632. The third-order valence-corrected chi connectivity index (χ3v) is 8.47. The number of hydrogen-bond donors (Lipinski definition) is 2. The Morgan fingerprint density at radius 3 is 2.46 bits per heavy atom. The zero-order valence-corrected chi connectivity index (χ0v) is 24.5. The molecule has 3 aromatic heterocycles. The van der Waals surface area contributed by atoms with Crippen LogP contribution in [0.3, 0.4) is 0 Å². The van der Waals surface area contributed by atoms with Gasteiger partial charge < -0.3 is 10.4 Å².